The molecule has 3 rings (SSSR count). The number of hydrogen-bond donors (Lipinski definition) is 1. The maximum absolute atomic E-state index is 12.5. The number of para-hydroxylation sites is 1. The lowest BCUT2D eigenvalue weighted by molar-refractivity contribution is -0.123. The largest absolute Gasteiger partial charge is 0.482 e. The van der Waals surface area contributed by atoms with Crippen molar-refractivity contribution in [1.82, 2.24) is 0 Å². The monoisotopic (exact) mass is 452 g/mol. The van der Waals surface area contributed by atoms with Gasteiger partial charge in [0.05, 0.1) is 22.0 Å². The maximum atomic E-state index is 12.5. The van der Waals surface area contributed by atoms with Gasteiger partial charge in [-0.25, -0.2) is 8.42 Å². The van der Waals surface area contributed by atoms with Crippen molar-refractivity contribution in [3.05, 3.63) is 46.9 Å². The first kappa shape index (κ1) is 19.4. The van der Waals surface area contributed by atoms with Crippen molar-refractivity contribution in [2.45, 2.75) is 11.8 Å². The highest BCUT2D eigenvalue weighted by atomic mass is 79.9. The topological polar surface area (TPSA) is 92.8 Å². The number of benzene rings is 2. The third-order valence-corrected chi connectivity index (χ3v) is 6.32. The molecule has 7 nitrogen and oxygen atoms in total. The van der Waals surface area contributed by atoms with Gasteiger partial charge >= 0.3 is 0 Å². The van der Waals surface area contributed by atoms with E-state index in [0.717, 1.165) is 4.47 Å². The number of carbonyl (C=O) groups is 2. The number of sulfone groups is 1. The van der Waals surface area contributed by atoms with E-state index in [1.807, 2.05) is 0 Å². The lowest BCUT2D eigenvalue weighted by Gasteiger charge is -2.29. The van der Waals surface area contributed by atoms with E-state index in [-0.39, 0.29) is 35.4 Å². The Morgan fingerprint density at radius 1 is 1.26 bits per heavy atom. The lowest BCUT2D eigenvalue weighted by atomic mass is 10.2. The van der Waals surface area contributed by atoms with Gasteiger partial charge in [-0.05, 0) is 30.3 Å². The fourth-order valence-electron chi connectivity index (χ4n) is 2.68. The molecule has 1 N–H and O–H groups in total. The fourth-order valence-corrected chi connectivity index (χ4v) is 4.07. The van der Waals surface area contributed by atoms with Crippen molar-refractivity contribution in [2.75, 3.05) is 29.1 Å². The van der Waals surface area contributed by atoms with Crippen LogP contribution in [0, 0.1) is 0 Å². The standard InChI is InChI=1S/C18H17BrN2O5S/c1-2-27(24,25)16-6-4-3-5-13(16)20-17(22)10-21-14-8-7-12(19)9-15(14)26-11-18(21)23/h3-9H,2,10-11H2,1H3,(H,20,22). The summed E-state index contributed by atoms with van der Waals surface area (Å²) in [7, 11) is -3.49. The van der Waals surface area contributed by atoms with Gasteiger partial charge in [0, 0.05) is 4.47 Å². The average Bonchev–Trinajstić information content (AvgIpc) is 2.64. The van der Waals surface area contributed by atoms with Crippen molar-refractivity contribution >= 4 is 49.0 Å². The third kappa shape index (κ3) is 4.14. The predicted molar refractivity (Wildman–Crippen MR) is 105 cm³/mol. The summed E-state index contributed by atoms with van der Waals surface area (Å²) in [6, 6.07) is 11.3. The molecule has 2 amide bonds. The van der Waals surface area contributed by atoms with E-state index in [9.17, 15) is 18.0 Å². The molecule has 1 aliphatic heterocycles. The number of fused-ring (bicyclic) bond motifs is 1. The van der Waals surface area contributed by atoms with Gasteiger partial charge in [-0.3, -0.25) is 14.5 Å². The summed E-state index contributed by atoms with van der Waals surface area (Å²) < 4.78 is 30.6. The molecule has 1 aliphatic rings. The number of amides is 2. The molecule has 0 aromatic heterocycles. The summed E-state index contributed by atoms with van der Waals surface area (Å²) in [4.78, 5) is 26.1. The zero-order valence-electron chi connectivity index (χ0n) is 14.4. The minimum Gasteiger partial charge on any atom is -0.482 e. The van der Waals surface area contributed by atoms with Crippen molar-refractivity contribution in [2.24, 2.45) is 0 Å². The molecular weight excluding hydrogens is 436 g/mol. The van der Waals surface area contributed by atoms with Gasteiger partial charge in [0.25, 0.3) is 5.91 Å². The second kappa shape index (κ2) is 7.69. The molecule has 0 saturated carbocycles. The van der Waals surface area contributed by atoms with Crippen molar-refractivity contribution in [3.63, 3.8) is 0 Å². The van der Waals surface area contributed by atoms with E-state index in [0.29, 0.717) is 11.4 Å². The SMILES string of the molecule is CCS(=O)(=O)c1ccccc1NC(=O)CN1C(=O)COc2cc(Br)ccc21. The smallest absolute Gasteiger partial charge is 0.265 e. The van der Waals surface area contributed by atoms with Crippen LogP contribution in [-0.4, -0.2) is 39.1 Å². The molecule has 0 radical (unpaired) electrons. The zero-order chi connectivity index (χ0) is 19.6. The Kier molecular flexibility index (Phi) is 5.52. The molecular formula is C18H17BrN2O5S. The van der Waals surface area contributed by atoms with E-state index >= 15 is 0 Å². The Morgan fingerprint density at radius 3 is 2.74 bits per heavy atom. The van der Waals surface area contributed by atoms with Crippen LogP contribution < -0.4 is 15.0 Å². The van der Waals surface area contributed by atoms with Crippen LogP contribution in [0.15, 0.2) is 51.8 Å². The third-order valence-electron chi connectivity index (χ3n) is 4.04. The van der Waals surface area contributed by atoms with Crippen molar-refractivity contribution < 1.29 is 22.7 Å². The molecule has 1 heterocycles. The average molecular weight is 453 g/mol. The molecule has 0 aliphatic carbocycles. The van der Waals surface area contributed by atoms with Crippen LogP contribution in [-0.2, 0) is 19.4 Å². The molecule has 2 aromatic rings. The molecule has 0 unspecified atom stereocenters. The van der Waals surface area contributed by atoms with Gasteiger partial charge in [-0.15, -0.1) is 0 Å². The summed E-state index contributed by atoms with van der Waals surface area (Å²) in [5.74, 6) is -0.442. The molecule has 0 atom stereocenters. The van der Waals surface area contributed by atoms with Crippen LogP contribution >= 0.6 is 15.9 Å². The van der Waals surface area contributed by atoms with Gasteiger partial charge in [0.2, 0.25) is 5.91 Å². The van der Waals surface area contributed by atoms with Gasteiger partial charge in [0.15, 0.2) is 16.4 Å². The van der Waals surface area contributed by atoms with Gasteiger partial charge in [0.1, 0.15) is 12.3 Å². The number of rotatable bonds is 5. The molecule has 27 heavy (non-hydrogen) atoms. The minimum atomic E-state index is -3.49. The minimum absolute atomic E-state index is 0.0542. The first-order valence-electron chi connectivity index (χ1n) is 8.16. The summed E-state index contributed by atoms with van der Waals surface area (Å²) >= 11 is 3.33. The van der Waals surface area contributed by atoms with Gasteiger partial charge in [-0.2, -0.15) is 0 Å². The first-order valence-corrected chi connectivity index (χ1v) is 10.6. The zero-order valence-corrected chi connectivity index (χ0v) is 16.8. The number of nitrogens with zero attached hydrogens (tertiary/aromatic N) is 1. The Morgan fingerprint density at radius 2 is 2.00 bits per heavy atom. The highest BCUT2D eigenvalue weighted by Gasteiger charge is 2.28. The number of anilines is 2. The van der Waals surface area contributed by atoms with Crippen LogP contribution in [0.1, 0.15) is 6.92 Å². The van der Waals surface area contributed by atoms with Crippen molar-refractivity contribution in [1.29, 1.82) is 0 Å². The van der Waals surface area contributed by atoms with Crippen molar-refractivity contribution in [3.8, 4) is 5.75 Å². The number of carbonyl (C=O) groups excluding carboxylic acids is 2. The predicted octanol–water partition coefficient (Wildman–Crippen LogP) is 2.61. The molecule has 142 valence electrons. The highest BCUT2D eigenvalue weighted by Crippen LogP contribution is 2.34. The Balaban J connectivity index is 1.83. The summed E-state index contributed by atoms with van der Waals surface area (Å²) in [6.45, 7) is 1.12. The number of ether oxygens (including phenoxy) is 1. The van der Waals surface area contributed by atoms with Crippen LogP contribution in [0.3, 0.4) is 0 Å². The molecule has 2 aromatic carbocycles. The van der Waals surface area contributed by atoms with Crippen LogP contribution in [0.2, 0.25) is 0 Å². The molecule has 0 saturated heterocycles. The Bertz CT molecular complexity index is 1010. The number of hydrogen-bond acceptors (Lipinski definition) is 5. The second-order valence-corrected chi connectivity index (χ2v) is 8.99. The molecule has 0 fully saturated rings. The van der Waals surface area contributed by atoms with E-state index in [2.05, 4.69) is 21.2 Å². The molecule has 0 bridgehead atoms. The van der Waals surface area contributed by atoms with E-state index in [1.54, 1.807) is 30.3 Å². The molecule has 0 spiro atoms. The highest BCUT2D eigenvalue weighted by molar-refractivity contribution is 9.10. The molecule has 9 heteroatoms. The van der Waals surface area contributed by atoms with Crippen LogP contribution in [0.5, 0.6) is 5.75 Å². The van der Waals surface area contributed by atoms with E-state index in [1.165, 1.54) is 24.0 Å². The van der Waals surface area contributed by atoms with Gasteiger partial charge in [-0.1, -0.05) is 35.0 Å². The van der Waals surface area contributed by atoms with Gasteiger partial charge < -0.3 is 10.1 Å². The fraction of sp³-hybridized carbons (Fsp3) is 0.222. The van der Waals surface area contributed by atoms with E-state index < -0.39 is 15.7 Å². The maximum Gasteiger partial charge on any atom is 0.265 e. The van der Waals surface area contributed by atoms with E-state index in [4.69, 9.17) is 4.74 Å². The quantitative estimate of drug-likeness (QED) is 0.752. The normalized spacial score (nSPS) is 13.7. The summed E-state index contributed by atoms with van der Waals surface area (Å²) in [5.41, 5.74) is 0.681. The summed E-state index contributed by atoms with van der Waals surface area (Å²) in [6.07, 6.45) is 0. The summed E-state index contributed by atoms with van der Waals surface area (Å²) in [5, 5.41) is 2.60. The number of halogens is 1. The Hall–Kier alpha value is -2.39. The number of nitrogens with one attached hydrogen (secondary N) is 1. The lowest BCUT2D eigenvalue weighted by Crippen LogP contribution is -2.43. The second-order valence-electron chi connectivity index (χ2n) is 5.83. The van der Waals surface area contributed by atoms with Crippen LogP contribution in [0.25, 0.3) is 0 Å². The Labute approximate surface area is 165 Å². The van der Waals surface area contributed by atoms with Crippen LogP contribution in [0.4, 0.5) is 11.4 Å². The first-order chi connectivity index (χ1) is 12.8.